The van der Waals surface area contributed by atoms with E-state index in [4.69, 9.17) is 11.5 Å². The minimum atomic E-state index is -0.792. The summed E-state index contributed by atoms with van der Waals surface area (Å²) in [5, 5.41) is 9.13. The molecule has 84 valence electrons. The molecule has 1 aromatic carbocycles. The third kappa shape index (κ3) is 3.71. The van der Waals surface area contributed by atoms with Gasteiger partial charge in [0.1, 0.15) is 0 Å². The van der Waals surface area contributed by atoms with Crippen LogP contribution in [-0.2, 0) is 4.79 Å². The quantitative estimate of drug-likeness (QED) is 0.663. The van der Waals surface area contributed by atoms with Gasteiger partial charge >= 0.3 is 5.97 Å². The summed E-state index contributed by atoms with van der Waals surface area (Å²) >= 11 is 3.32. The fourth-order valence-electron chi connectivity index (χ4n) is 1.54. The molecule has 0 aliphatic rings. The molecule has 1 aromatic rings. The van der Waals surface area contributed by atoms with Gasteiger partial charge in [-0.15, -0.1) is 12.3 Å². The second kappa shape index (κ2) is 6.34. The molecule has 0 radical (unpaired) electrons. The predicted molar refractivity (Wildman–Crippen MR) is 67.2 cm³/mol. The maximum absolute atomic E-state index is 11.1. The fourth-order valence-corrected chi connectivity index (χ4v) is 1.80. The highest BCUT2D eigenvalue weighted by atomic mass is 79.9. The number of carboxylic acid groups (broad SMARTS) is 1. The van der Waals surface area contributed by atoms with Gasteiger partial charge in [0.05, 0.1) is 5.92 Å². The van der Waals surface area contributed by atoms with E-state index >= 15 is 0 Å². The second-order valence-corrected chi connectivity index (χ2v) is 4.45. The van der Waals surface area contributed by atoms with Crippen molar-refractivity contribution in [3.05, 3.63) is 34.3 Å². The van der Waals surface area contributed by atoms with Gasteiger partial charge in [-0.3, -0.25) is 4.79 Å². The Bertz CT molecular complexity index is 389. The number of halogens is 1. The van der Waals surface area contributed by atoms with Gasteiger partial charge in [-0.25, -0.2) is 0 Å². The van der Waals surface area contributed by atoms with Crippen LogP contribution in [0.1, 0.15) is 30.7 Å². The lowest BCUT2D eigenvalue weighted by atomic mass is 9.94. The van der Waals surface area contributed by atoms with Crippen LogP contribution >= 0.6 is 15.9 Å². The third-order valence-electron chi connectivity index (χ3n) is 2.38. The molecule has 0 saturated heterocycles. The van der Waals surface area contributed by atoms with E-state index in [0.29, 0.717) is 12.8 Å². The van der Waals surface area contributed by atoms with E-state index in [1.807, 2.05) is 24.3 Å². The van der Waals surface area contributed by atoms with Gasteiger partial charge in [0.25, 0.3) is 0 Å². The largest absolute Gasteiger partial charge is 0.481 e. The molecule has 1 rings (SSSR count). The van der Waals surface area contributed by atoms with E-state index in [2.05, 4.69) is 21.9 Å². The van der Waals surface area contributed by atoms with Crippen LogP contribution in [0, 0.1) is 12.3 Å². The van der Waals surface area contributed by atoms with Gasteiger partial charge in [0.2, 0.25) is 0 Å². The van der Waals surface area contributed by atoms with E-state index in [-0.39, 0.29) is 0 Å². The van der Waals surface area contributed by atoms with Crippen LogP contribution in [0.4, 0.5) is 0 Å². The van der Waals surface area contributed by atoms with Crippen LogP contribution < -0.4 is 0 Å². The van der Waals surface area contributed by atoms with Crippen molar-refractivity contribution in [1.82, 2.24) is 0 Å². The first kappa shape index (κ1) is 12.8. The molecule has 1 N–H and O–H groups in total. The van der Waals surface area contributed by atoms with Gasteiger partial charge in [0.15, 0.2) is 0 Å². The minimum absolute atomic E-state index is 0.457. The van der Waals surface area contributed by atoms with E-state index in [0.717, 1.165) is 16.5 Å². The first-order valence-corrected chi connectivity index (χ1v) is 5.86. The highest BCUT2D eigenvalue weighted by Gasteiger charge is 2.18. The summed E-state index contributed by atoms with van der Waals surface area (Å²) < 4.78 is 0.948. The highest BCUT2D eigenvalue weighted by Crippen LogP contribution is 2.24. The van der Waals surface area contributed by atoms with Crippen LogP contribution in [0.15, 0.2) is 28.7 Å². The van der Waals surface area contributed by atoms with Crippen molar-refractivity contribution in [1.29, 1.82) is 0 Å². The average molecular weight is 281 g/mol. The molecule has 0 aliphatic carbocycles. The maximum atomic E-state index is 11.1. The smallest absolute Gasteiger partial charge is 0.310 e. The number of carbonyl (C=O) groups is 1. The molecule has 0 amide bonds. The Morgan fingerprint density at radius 1 is 1.44 bits per heavy atom. The molecule has 3 heteroatoms. The van der Waals surface area contributed by atoms with Crippen molar-refractivity contribution in [3.8, 4) is 12.3 Å². The number of benzene rings is 1. The van der Waals surface area contributed by atoms with Gasteiger partial charge in [0, 0.05) is 10.9 Å². The summed E-state index contributed by atoms with van der Waals surface area (Å²) in [6.45, 7) is 0. The number of unbranched alkanes of at least 4 members (excludes halogenated alkanes) is 1. The molecule has 16 heavy (non-hydrogen) atoms. The molecular weight excluding hydrogens is 268 g/mol. The zero-order valence-electron chi connectivity index (χ0n) is 8.82. The standard InChI is InChI=1S/C13H13BrO2/c1-2-3-4-5-12(13(15)16)10-6-8-11(14)9-7-10/h1,6-9,12H,3-5H2,(H,15,16). The Kier molecular flexibility index (Phi) is 5.07. The first-order chi connectivity index (χ1) is 7.65. The maximum Gasteiger partial charge on any atom is 0.310 e. The monoisotopic (exact) mass is 280 g/mol. The zero-order chi connectivity index (χ0) is 12.0. The number of rotatable bonds is 5. The van der Waals surface area contributed by atoms with Gasteiger partial charge in [-0.1, -0.05) is 28.1 Å². The Labute approximate surface area is 104 Å². The fraction of sp³-hybridized carbons (Fsp3) is 0.308. The molecule has 1 unspecified atom stereocenters. The Hall–Kier alpha value is -1.27. The van der Waals surface area contributed by atoms with Crippen LogP contribution in [0.25, 0.3) is 0 Å². The van der Waals surface area contributed by atoms with Crippen LogP contribution in [0.3, 0.4) is 0 Å². The van der Waals surface area contributed by atoms with E-state index in [9.17, 15) is 4.79 Å². The SMILES string of the molecule is C#CCCCC(C(=O)O)c1ccc(Br)cc1. The second-order valence-electron chi connectivity index (χ2n) is 3.54. The Balaban J connectivity index is 2.74. The van der Waals surface area contributed by atoms with Crippen LogP contribution in [0.5, 0.6) is 0 Å². The highest BCUT2D eigenvalue weighted by molar-refractivity contribution is 9.10. The van der Waals surface area contributed by atoms with Crippen LogP contribution in [-0.4, -0.2) is 11.1 Å². The minimum Gasteiger partial charge on any atom is -0.481 e. The summed E-state index contributed by atoms with van der Waals surface area (Å²) in [6, 6.07) is 7.37. The van der Waals surface area contributed by atoms with E-state index < -0.39 is 11.9 Å². The van der Waals surface area contributed by atoms with Gasteiger partial charge in [-0.05, 0) is 30.5 Å². The topological polar surface area (TPSA) is 37.3 Å². The number of carboxylic acids is 1. The summed E-state index contributed by atoms with van der Waals surface area (Å²) in [6.07, 6.45) is 7.10. The molecule has 2 nitrogen and oxygen atoms in total. The normalized spacial score (nSPS) is 11.8. The Morgan fingerprint density at radius 3 is 2.56 bits per heavy atom. The lowest BCUT2D eigenvalue weighted by molar-refractivity contribution is -0.139. The predicted octanol–water partition coefficient (Wildman–Crippen LogP) is 3.42. The molecule has 0 saturated carbocycles. The Morgan fingerprint density at radius 2 is 2.06 bits per heavy atom. The van der Waals surface area contributed by atoms with E-state index in [1.165, 1.54) is 0 Å². The van der Waals surface area contributed by atoms with Crippen molar-refractivity contribution < 1.29 is 9.90 Å². The molecule has 0 spiro atoms. The lowest BCUT2D eigenvalue weighted by Gasteiger charge is -2.11. The molecular formula is C13H13BrO2. The summed E-state index contributed by atoms with van der Waals surface area (Å²) in [4.78, 5) is 11.1. The van der Waals surface area contributed by atoms with Crippen molar-refractivity contribution >= 4 is 21.9 Å². The summed E-state index contributed by atoms with van der Waals surface area (Å²) in [5.74, 6) is 1.27. The summed E-state index contributed by atoms with van der Waals surface area (Å²) in [5.41, 5.74) is 0.827. The molecule has 1 atom stereocenters. The number of hydrogen-bond donors (Lipinski definition) is 1. The number of hydrogen-bond acceptors (Lipinski definition) is 1. The van der Waals surface area contributed by atoms with Crippen LogP contribution in [0.2, 0.25) is 0 Å². The number of terminal acetylenes is 1. The van der Waals surface area contributed by atoms with Gasteiger partial charge < -0.3 is 5.11 Å². The molecule has 0 aliphatic heterocycles. The molecule has 0 bridgehead atoms. The molecule has 0 fully saturated rings. The molecule has 0 aromatic heterocycles. The van der Waals surface area contributed by atoms with Crippen molar-refractivity contribution in [3.63, 3.8) is 0 Å². The molecule has 0 heterocycles. The number of aliphatic carboxylic acids is 1. The average Bonchev–Trinajstić information content (AvgIpc) is 2.26. The third-order valence-corrected chi connectivity index (χ3v) is 2.91. The first-order valence-electron chi connectivity index (χ1n) is 5.07. The van der Waals surface area contributed by atoms with Crippen molar-refractivity contribution in [2.45, 2.75) is 25.2 Å². The van der Waals surface area contributed by atoms with E-state index in [1.54, 1.807) is 0 Å². The van der Waals surface area contributed by atoms with Crippen molar-refractivity contribution in [2.24, 2.45) is 0 Å². The summed E-state index contributed by atoms with van der Waals surface area (Å²) in [7, 11) is 0. The lowest BCUT2D eigenvalue weighted by Crippen LogP contribution is -2.11. The van der Waals surface area contributed by atoms with Crippen molar-refractivity contribution in [2.75, 3.05) is 0 Å². The van der Waals surface area contributed by atoms with Gasteiger partial charge in [-0.2, -0.15) is 0 Å². The zero-order valence-corrected chi connectivity index (χ0v) is 10.4.